The molecule has 6 nitrogen and oxygen atoms in total. The summed E-state index contributed by atoms with van der Waals surface area (Å²) in [5, 5.41) is 0. The summed E-state index contributed by atoms with van der Waals surface area (Å²) in [5.74, 6) is -0.417. The lowest BCUT2D eigenvalue weighted by molar-refractivity contribution is 0.0998. The standard InChI is InChI=1S/C19H20BrN3O3S2/c1-12(2)23(4)28(25,26)14-10-8-13(9-11-14)18(24)21-19-22(3)17-15(20)6-5-7-16(17)27-19/h5-12H,1-4H3. The van der Waals surface area contributed by atoms with Gasteiger partial charge in [0.15, 0.2) is 4.80 Å². The van der Waals surface area contributed by atoms with E-state index < -0.39 is 15.9 Å². The number of halogens is 1. The van der Waals surface area contributed by atoms with Gasteiger partial charge in [-0.3, -0.25) is 4.79 Å². The quantitative estimate of drug-likeness (QED) is 0.569. The Morgan fingerprint density at radius 2 is 1.82 bits per heavy atom. The second kappa shape index (κ2) is 7.90. The van der Waals surface area contributed by atoms with Crippen molar-refractivity contribution in [3.05, 3.63) is 57.3 Å². The van der Waals surface area contributed by atoms with Crippen LogP contribution in [0.1, 0.15) is 24.2 Å². The van der Waals surface area contributed by atoms with E-state index >= 15 is 0 Å². The number of fused-ring (bicyclic) bond motifs is 1. The molecule has 0 aliphatic carbocycles. The Morgan fingerprint density at radius 3 is 2.39 bits per heavy atom. The third kappa shape index (κ3) is 3.84. The highest BCUT2D eigenvalue weighted by molar-refractivity contribution is 9.10. The SMILES string of the molecule is CC(C)N(C)S(=O)(=O)c1ccc(C(=O)N=c2sc3cccc(Br)c3n2C)cc1. The van der Waals surface area contributed by atoms with Gasteiger partial charge in [-0.2, -0.15) is 9.30 Å². The summed E-state index contributed by atoms with van der Waals surface area (Å²) >= 11 is 4.94. The highest BCUT2D eigenvalue weighted by Gasteiger charge is 2.23. The van der Waals surface area contributed by atoms with Crippen molar-refractivity contribution in [3.63, 3.8) is 0 Å². The number of aromatic nitrogens is 1. The molecule has 0 saturated heterocycles. The van der Waals surface area contributed by atoms with Crippen LogP contribution in [0, 0.1) is 0 Å². The van der Waals surface area contributed by atoms with Gasteiger partial charge in [0.25, 0.3) is 5.91 Å². The van der Waals surface area contributed by atoms with E-state index in [4.69, 9.17) is 0 Å². The number of carbonyl (C=O) groups excluding carboxylic acids is 1. The van der Waals surface area contributed by atoms with Gasteiger partial charge in [-0.25, -0.2) is 8.42 Å². The van der Waals surface area contributed by atoms with Gasteiger partial charge in [-0.1, -0.05) is 17.4 Å². The number of benzene rings is 2. The predicted molar refractivity (Wildman–Crippen MR) is 115 cm³/mol. The minimum absolute atomic E-state index is 0.150. The van der Waals surface area contributed by atoms with Crippen molar-refractivity contribution in [3.8, 4) is 0 Å². The molecule has 1 amide bonds. The number of nitrogens with zero attached hydrogens (tertiary/aromatic N) is 3. The molecule has 0 radical (unpaired) electrons. The molecule has 3 rings (SSSR count). The number of amides is 1. The minimum Gasteiger partial charge on any atom is -0.318 e. The first kappa shape index (κ1) is 20.9. The van der Waals surface area contributed by atoms with E-state index in [0.717, 1.165) is 14.7 Å². The summed E-state index contributed by atoms with van der Waals surface area (Å²) in [6.07, 6.45) is 0. The van der Waals surface area contributed by atoms with Gasteiger partial charge in [0.2, 0.25) is 10.0 Å². The molecule has 0 fully saturated rings. The van der Waals surface area contributed by atoms with Gasteiger partial charge < -0.3 is 4.57 Å². The van der Waals surface area contributed by atoms with Gasteiger partial charge >= 0.3 is 0 Å². The molecule has 28 heavy (non-hydrogen) atoms. The Kier molecular flexibility index (Phi) is 5.90. The van der Waals surface area contributed by atoms with Crippen molar-refractivity contribution in [2.24, 2.45) is 12.0 Å². The minimum atomic E-state index is -3.58. The first-order valence-electron chi connectivity index (χ1n) is 8.54. The normalized spacial score (nSPS) is 13.0. The molecular weight excluding hydrogens is 462 g/mol. The Morgan fingerprint density at radius 1 is 1.18 bits per heavy atom. The lowest BCUT2D eigenvalue weighted by Crippen LogP contribution is -2.33. The zero-order valence-electron chi connectivity index (χ0n) is 15.9. The zero-order chi connectivity index (χ0) is 20.6. The van der Waals surface area contributed by atoms with Crippen LogP contribution in [0.2, 0.25) is 0 Å². The number of thiazole rings is 1. The smallest absolute Gasteiger partial charge is 0.279 e. The fraction of sp³-hybridized carbons (Fsp3) is 0.263. The Balaban J connectivity index is 1.96. The van der Waals surface area contributed by atoms with Crippen molar-refractivity contribution in [1.29, 1.82) is 0 Å². The maximum atomic E-state index is 12.6. The summed E-state index contributed by atoms with van der Waals surface area (Å²) in [5.41, 5.74) is 1.31. The predicted octanol–water partition coefficient (Wildman–Crippen LogP) is 3.77. The molecule has 0 N–H and O–H groups in total. The third-order valence-electron chi connectivity index (χ3n) is 4.48. The van der Waals surface area contributed by atoms with Crippen LogP contribution >= 0.6 is 27.3 Å². The number of hydrogen-bond donors (Lipinski definition) is 0. The number of carbonyl (C=O) groups is 1. The summed E-state index contributed by atoms with van der Waals surface area (Å²) in [4.78, 5) is 17.5. The van der Waals surface area contributed by atoms with Crippen LogP contribution in [0.15, 0.2) is 56.8 Å². The molecule has 0 atom stereocenters. The molecule has 2 aromatic carbocycles. The van der Waals surface area contributed by atoms with Crippen molar-refractivity contribution in [2.45, 2.75) is 24.8 Å². The maximum Gasteiger partial charge on any atom is 0.279 e. The second-order valence-corrected chi connectivity index (χ2v) is 10.4. The van der Waals surface area contributed by atoms with E-state index in [1.165, 1.54) is 47.0 Å². The van der Waals surface area contributed by atoms with Crippen LogP contribution in [0.5, 0.6) is 0 Å². The summed E-state index contributed by atoms with van der Waals surface area (Å²) in [6.45, 7) is 3.61. The average Bonchev–Trinajstić information content (AvgIpc) is 2.97. The molecule has 0 aliphatic rings. The molecule has 1 heterocycles. The fourth-order valence-electron chi connectivity index (χ4n) is 2.63. The average molecular weight is 482 g/mol. The van der Waals surface area contributed by atoms with Crippen LogP contribution in [0.4, 0.5) is 0 Å². The number of hydrogen-bond acceptors (Lipinski definition) is 4. The van der Waals surface area contributed by atoms with Gasteiger partial charge in [0, 0.05) is 30.2 Å². The topological polar surface area (TPSA) is 71.7 Å². The maximum absolute atomic E-state index is 12.6. The van der Waals surface area contributed by atoms with E-state index in [9.17, 15) is 13.2 Å². The molecule has 0 spiro atoms. The molecule has 0 saturated carbocycles. The number of aryl methyl sites for hydroxylation is 1. The van der Waals surface area contributed by atoms with E-state index in [1.54, 1.807) is 13.8 Å². The van der Waals surface area contributed by atoms with E-state index in [1.807, 2.05) is 29.8 Å². The van der Waals surface area contributed by atoms with Gasteiger partial charge in [0.1, 0.15) is 0 Å². The first-order valence-corrected chi connectivity index (χ1v) is 11.6. The molecular formula is C19H20BrN3O3S2. The monoisotopic (exact) mass is 481 g/mol. The lowest BCUT2D eigenvalue weighted by atomic mass is 10.2. The van der Waals surface area contributed by atoms with E-state index in [-0.39, 0.29) is 10.9 Å². The third-order valence-corrected chi connectivity index (χ3v) is 8.26. The molecule has 0 aliphatic heterocycles. The van der Waals surface area contributed by atoms with Crippen LogP contribution in [-0.4, -0.2) is 36.3 Å². The largest absolute Gasteiger partial charge is 0.318 e. The molecule has 148 valence electrons. The molecule has 9 heteroatoms. The first-order chi connectivity index (χ1) is 13.1. The molecule has 0 bridgehead atoms. The van der Waals surface area contributed by atoms with Crippen LogP contribution in [0.3, 0.4) is 0 Å². The van der Waals surface area contributed by atoms with Crippen molar-refractivity contribution >= 4 is 53.4 Å². The van der Waals surface area contributed by atoms with Crippen LogP contribution in [-0.2, 0) is 17.1 Å². The van der Waals surface area contributed by atoms with Crippen molar-refractivity contribution in [2.75, 3.05) is 7.05 Å². The Hall–Kier alpha value is -1.81. The second-order valence-electron chi connectivity index (χ2n) is 6.59. The van der Waals surface area contributed by atoms with E-state index in [2.05, 4.69) is 20.9 Å². The summed E-state index contributed by atoms with van der Waals surface area (Å²) in [6, 6.07) is 11.6. The number of para-hydroxylation sites is 1. The molecule has 3 aromatic rings. The Labute approximate surface area is 176 Å². The van der Waals surface area contributed by atoms with Gasteiger partial charge in [-0.05, 0) is 66.2 Å². The highest BCUT2D eigenvalue weighted by Crippen LogP contribution is 2.25. The fourth-order valence-corrected chi connectivity index (χ4v) is 5.80. The number of sulfonamides is 1. The van der Waals surface area contributed by atoms with Crippen molar-refractivity contribution in [1.82, 2.24) is 8.87 Å². The molecule has 1 aromatic heterocycles. The van der Waals surface area contributed by atoms with Crippen molar-refractivity contribution < 1.29 is 13.2 Å². The summed E-state index contributed by atoms with van der Waals surface area (Å²) in [7, 11) is -0.194. The van der Waals surface area contributed by atoms with Gasteiger partial charge in [-0.15, -0.1) is 0 Å². The molecule has 0 unspecified atom stereocenters. The summed E-state index contributed by atoms with van der Waals surface area (Å²) < 4.78 is 30.2. The Bertz CT molecular complexity index is 1210. The van der Waals surface area contributed by atoms with Crippen LogP contribution < -0.4 is 4.80 Å². The van der Waals surface area contributed by atoms with E-state index in [0.29, 0.717) is 10.4 Å². The van der Waals surface area contributed by atoms with Crippen LogP contribution in [0.25, 0.3) is 10.2 Å². The van der Waals surface area contributed by atoms with Gasteiger partial charge in [0.05, 0.1) is 15.1 Å². The number of rotatable bonds is 4. The zero-order valence-corrected chi connectivity index (χ0v) is 19.1. The highest BCUT2D eigenvalue weighted by atomic mass is 79.9. The lowest BCUT2D eigenvalue weighted by Gasteiger charge is -2.20.